The minimum absolute atomic E-state index is 0.0830. The number of hydrogen-bond acceptors (Lipinski definition) is 3. The molecule has 2 aromatic rings. The van der Waals surface area contributed by atoms with Crippen molar-refractivity contribution in [2.75, 3.05) is 5.32 Å². The Kier molecular flexibility index (Phi) is 4.62. The normalized spacial score (nSPS) is 11.3. The van der Waals surface area contributed by atoms with Gasteiger partial charge in [-0.05, 0) is 56.1 Å². The third-order valence-corrected chi connectivity index (χ3v) is 3.34. The summed E-state index contributed by atoms with van der Waals surface area (Å²) in [6, 6.07) is 3.88. The second-order valence-electron chi connectivity index (χ2n) is 3.86. The van der Waals surface area contributed by atoms with Crippen LogP contribution in [-0.2, 0) is 6.18 Å². The van der Waals surface area contributed by atoms with Crippen molar-refractivity contribution in [3.05, 3.63) is 50.8 Å². The Bertz CT molecular complexity index is 674. The highest BCUT2D eigenvalue weighted by atomic mass is 79.9. The van der Waals surface area contributed by atoms with E-state index in [1.54, 1.807) is 0 Å². The number of rotatable bonds is 2. The molecule has 1 aromatic heterocycles. The van der Waals surface area contributed by atoms with E-state index in [1.165, 1.54) is 6.20 Å². The minimum Gasteiger partial charge on any atom is -0.304 e. The molecule has 0 aliphatic rings. The molecule has 2 rings (SSSR count). The highest BCUT2D eigenvalue weighted by Crippen LogP contribution is 2.29. The van der Waals surface area contributed by atoms with E-state index in [9.17, 15) is 18.0 Å². The third-order valence-electron chi connectivity index (χ3n) is 2.41. The summed E-state index contributed by atoms with van der Waals surface area (Å²) in [7, 11) is 0. The molecule has 21 heavy (non-hydrogen) atoms. The number of carbonyl (C=O) groups excluding carboxylic acids is 1. The van der Waals surface area contributed by atoms with Gasteiger partial charge in [-0.1, -0.05) is 0 Å². The summed E-state index contributed by atoms with van der Waals surface area (Å²) in [4.78, 5) is 19.8. The number of aromatic nitrogens is 2. The fourth-order valence-corrected chi connectivity index (χ4v) is 2.33. The van der Waals surface area contributed by atoms with E-state index >= 15 is 0 Å². The fourth-order valence-electron chi connectivity index (χ4n) is 1.42. The summed E-state index contributed by atoms with van der Waals surface area (Å²) in [5.74, 6) is -0.413. The van der Waals surface area contributed by atoms with Gasteiger partial charge in [0.25, 0.3) is 5.91 Å². The molecule has 1 heterocycles. The van der Waals surface area contributed by atoms with Gasteiger partial charge in [0.1, 0.15) is 9.21 Å². The minimum atomic E-state index is -4.44. The number of alkyl halides is 3. The summed E-state index contributed by atoms with van der Waals surface area (Å²) in [5.41, 5.74) is -0.733. The van der Waals surface area contributed by atoms with Gasteiger partial charge >= 0.3 is 6.18 Å². The summed E-state index contributed by atoms with van der Waals surface area (Å²) in [6.07, 6.45) is -3.05. The van der Waals surface area contributed by atoms with Crippen molar-refractivity contribution in [1.82, 2.24) is 9.97 Å². The SMILES string of the molecule is O=C(Nc1ncc(Br)nc1Br)c1ccc(C(F)(F)F)cc1. The number of nitrogens with zero attached hydrogens (tertiary/aromatic N) is 2. The van der Waals surface area contributed by atoms with E-state index in [0.29, 0.717) is 9.21 Å². The summed E-state index contributed by atoms with van der Waals surface area (Å²) < 4.78 is 38.1. The molecule has 0 bridgehead atoms. The van der Waals surface area contributed by atoms with E-state index in [0.717, 1.165) is 24.3 Å². The average Bonchev–Trinajstić information content (AvgIpc) is 2.41. The first-order chi connectivity index (χ1) is 9.77. The van der Waals surface area contributed by atoms with Gasteiger partial charge in [0, 0.05) is 5.56 Å². The van der Waals surface area contributed by atoms with E-state index in [2.05, 4.69) is 47.1 Å². The quantitative estimate of drug-likeness (QED) is 0.783. The molecule has 0 saturated carbocycles. The monoisotopic (exact) mass is 423 g/mol. The van der Waals surface area contributed by atoms with Crippen molar-refractivity contribution in [2.24, 2.45) is 0 Å². The van der Waals surface area contributed by atoms with Gasteiger partial charge in [0.15, 0.2) is 5.82 Å². The number of carbonyl (C=O) groups is 1. The molecule has 1 aromatic carbocycles. The number of anilines is 1. The maximum absolute atomic E-state index is 12.4. The largest absolute Gasteiger partial charge is 0.416 e. The first-order valence-electron chi connectivity index (χ1n) is 5.44. The summed E-state index contributed by atoms with van der Waals surface area (Å²) in [5, 5.41) is 2.45. The number of benzene rings is 1. The molecule has 1 amide bonds. The lowest BCUT2D eigenvalue weighted by atomic mass is 10.1. The Morgan fingerprint density at radius 1 is 1.14 bits per heavy atom. The zero-order valence-corrected chi connectivity index (χ0v) is 13.3. The van der Waals surface area contributed by atoms with Gasteiger partial charge < -0.3 is 5.32 Å². The Hall–Kier alpha value is -1.48. The smallest absolute Gasteiger partial charge is 0.304 e. The summed E-state index contributed by atoms with van der Waals surface area (Å²) in [6.45, 7) is 0. The maximum atomic E-state index is 12.4. The van der Waals surface area contributed by atoms with Crippen LogP contribution < -0.4 is 5.32 Å². The van der Waals surface area contributed by atoms with E-state index in [4.69, 9.17) is 0 Å². The molecule has 0 aliphatic carbocycles. The standard InChI is InChI=1S/C12H6Br2F3N3O/c13-8-5-18-10(9(14)19-8)20-11(21)6-1-3-7(4-2-6)12(15,16)17/h1-5H,(H,18,20,21). The Balaban J connectivity index is 2.17. The van der Waals surface area contributed by atoms with E-state index < -0.39 is 17.6 Å². The van der Waals surface area contributed by atoms with Crippen molar-refractivity contribution in [2.45, 2.75) is 6.18 Å². The second kappa shape index (κ2) is 6.10. The predicted molar refractivity (Wildman–Crippen MR) is 76.8 cm³/mol. The van der Waals surface area contributed by atoms with Crippen LogP contribution in [0.5, 0.6) is 0 Å². The van der Waals surface area contributed by atoms with Gasteiger partial charge in [0.2, 0.25) is 0 Å². The lowest BCUT2D eigenvalue weighted by Crippen LogP contribution is -2.14. The van der Waals surface area contributed by atoms with Crippen LogP contribution in [0.25, 0.3) is 0 Å². The number of nitrogens with one attached hydrogen (secondary N) is 1. The predicted octanol–water partition coefficient (Wildman–Crippen LogP) is 4.27. The van der Waals surface area contributed by atoms with Crippen LogP contribution in [0, 0.1) is 0 Å². The van der Waals surface area contributed by atoms with Crippen LogP contribution in [0.2, 0.25) is 0 Å². The number of hydrogen-bond donors (Lipinski definition) is 1. The Morgan fingerprint density at radius 2 is 1.76 bits per heavy atom. The molecule has 0 fully saturated rings. The topological polar surface area (TPSA) is 54.9 Å². The molecule has 9 heteroatoms. The zero-order valence-electron chi connectivity index (χ0n) is 10.1. The lowest BCUT2D eigenvalue weighted by Gasteiger charge is -2.08. The number of halogens is 5. The molecular weight excluding hydrogens is 419 g/mol. The zero-order chi connectivity index (χ0) is 15.6. The average molecular weight is 425 g/mol. The Morgan fingerprint density at radius 3 is 2.29 bits per heavy atom. The third kappa shape index (κ3) is 4.01. The second-order valence-corrected chi connectivity index (χ2v) is 5.42. The van der Waals surface area contributed by atoms with Crippen LogP contribution in [0.4, 0.5) is 19.0 Å². The van der Waals surface area contributed by atoms with Crippen molar-refractivity contribution < 1.29 is 18.0 Å². The number of amides is 1. The molecule has 0 atom stereocenters. The fraction of sp³-hybridized carbons (Fsp3) is 0.0833. The van der Waals surface area contributed by atoms with Crippen LogP contribution in [-0.4, -0.2) is 15.9 Å². The van der Waals surface area contributed by atoms with Gasteiger partial charge in [-0.25, -0.2) is 9.97 Å². The van der Waals surface area contributed by atoms with Crippen molar-refractivity contribution >= 4 is 43.6 Å². The van der Waals surface area contributed by atoms with Crippen molar-refractivity contribution in [3.63, 3.8) is 0 Å². The highest BCUT2D eigenvalue weighted by Gasteiger charge is 2.30. The van der Waals surface area contributed by atoms with Gasteiger partial charge in [-0.3, -0.25) is 4.79 Å². The first-order valence-corrected chi connectivity index (χ1v) is 7.02. The van der Waals surface area contributed by atoms with Gasteiger partial charge in [-0.2, -0.15) is 13.2 Å². The molecule has 4 nitrogen and oxygen atoms in total. The van der Waals surface area contributed by atoms with Crippen LogP contribution in [0.1, 0.15) is 15.9 Å². The van der Waals surface area contributed by atoms with Crippen molar-refractivity contribution in [3.8, 4) is 0 Å². The summed E-state index contributed by atoms with van der Waals surface area (Å²) >= 11 is 6.23. The maximum Gasteiger partial charge on any atom is 0.416 e. The van der Waals surface area contributed by atoms with Crippen LogP contribution in [0.3, 0.4) is 0 Å². The van der Waals surface area contributed by atoms with E-state index in [1.807, 2.05) is 0 Å². The molecule has 0 unspecified atom stereocenters. The molecule has 1 N–H and O–H groups in total. The molecule has 0 radical (unpaired) electrons. The molecule has 0 aliphatic heterocycles. The molecular formula is C12H6Br2F3N3O. The van der Waals surface area contributed by atoms with Gasteiger partial charge in [-0.15, -0.1) is 0 Å². The molecule has 0 saturated heterocycles. The lowest BCUT2D eigenvalue weighted by molar-refractivity contribution is -0.137. The van der Waals surface area contributed by atoms with Crippen molar-refractivity contribution in [1.29, 1.82) is 0 Å². The van der Waals surface area contributed by atoms with Gasteiger partial charge in [0.05, 0.1) is 11.8 Å². The van der Waals surface area contributed by atoms with E-state index in [-0.39, 0.29) is 11.4 Å². The van der Waals surface area contributed by atoms with Crippen LogP contribution >= 0.6 is 31.9 Å². The molecule has 0 spiro atoms. The first kappa shape index (κ1) is 15.9. The Labute approximate surface area is 134 Å². The highest BCUT2D eigenvalue weighted by molar-refractivity contribution is 9.11. The van der Waals surface area contributed by atoms with Crippen LogP contribution in [0.15, 0.2) is 39.7 Å². The molecule has 110 valence electrons.